The average molecular weight is 219 g/mol. The van der Waals surface area contributed by atoms with Crippen LogP contribution in [0.25, 0.3) is 0 Å². The number of ether oxygens (including phenoxy) is 1. The van der Waals surface area contributed by atoms with Gasteiger partial charge in [0, 0.05) is 6.92 Å². The fourth-order valence-corrected chi connectivity index (χ4v) is 1.63. The van der Waals surface area contributed by atoms with Crippen LogP contribution in [0.5, 0.6) is 0 Å². The Morgan fingerprint density at radius 2 is 2.20 bits per heavy atom. The minimum atomic E-state index is -1.12. The van der Waals surface area contributed by atoms with Gasteiger partial charge in [0.05, 0.1) is 25.4 Å². The maximum atomic E-state index is 10.8. The van der Waals surface area contributed by atoms with E-state index in [-0.39, 0.29) is 31.6 Å². The highest BCUT2D eigenvalue weighted by atomic mass is 16.5. The molecule has 0 saturated carbocycles. The van der Waals surface area contributed by atoms with Crippen LogP contribution in [0.1, 0.15) is 13.3 Å². The van der Waals surface area contributed by atoms with Gasteiger partial charge in [-0.3, -0.25) is 4.79 Å². The first-order valence-electron chi connectivity index (χ1n) is 4.90. The summed E-state index contributed by atoms with van der Waals surface area (Å²) in [4.78, 5) is 10.8. The molecule has 0 aromatic carbocycles. The largest absolute Gasteiger partial charge is 0.394 e. The van der Waals surface area contributed by atoms with Gasteiger partial charge in [0.25, 0.3) is 0 Å². The molecule has 0 bridgehead atoms. The van der Waals surface area contributed by atoms with Crippen molar-refractivity contribution >= 4 is 5.91 Å². The van der Waals surface area contributed by atoms with Crippen molar-refractivity contribution in [1.82, 2.24) is 5.32 Å². The van der Waals surface area contributed by atoms with Crippen LogP contribution in [0.2, 0.25) is 0 Å². The summed E-state index contributed by atoms with van der Waals surface area (Å²) in [5.74, 6) is -0.215. The van der Waals surface area contributed by atoms with E-state index in [0.29, 0.717) is 0 Å². The van der Waals surface area contributed by atoms with Crippen LogP contribution in [0.3, 0.4) is 0 Å². The van der Waals surface area contributed by atoms with Crippen molar-refractivity contribution in [3.8, 4) is 0 Å². The van der Waals surface area contributed by atoms with Crippen LogP contribution in [-0.2, 0) is 9.53 Å². The molecular weight excluding hydrogens is 202 g/mol. The van der Waals surface area contributed by atoms with Crippen LogP contribution in [0, 0.1) is 0 Å². The molecule has 4 atom stereocenters. The molecule has 1 aliphatic heterocycles. The van der Waals surface area contributed by atoms with Gasteiger partial charge in [-0.1, -0.05) is 0 Å². The zero-order chi connectivity index (χ0) is 11.4. The number of rotatable bonds is 2. The summed E-state index contributed by atoms with van der Waals surface area (Å²) in [6.45, 7) is 1.20. The average Bonchev–Trinajstić information content (AvgIpc) is 2.27. The Kier molecular flexibility index (Phi) is 4.46. The molecule has 0 aromatic rings. The van der Waals surface area contributed by atoms with E-state index in [1.165, 1.54) is 6.92 Å². The van der Waals surface area contributed by atoms with Gasteiger partial charge in [0.2, 0.25) is 5.91 Å². The molecule has 3 unspecified atom stereocenters. The predicted molar refractivity (Wildman–Crippen MR) is 51.1 cm³/mol. The molecule has 1 fully saturated rings. The fraction of sp³-hybridized carbons (Fsp3) is 0.889. The van der Waals surface area contributed by atoms with Gasteiger partial charge in [0.15, 0.2) is 0 Å². The lowest BCUT2D eigenvalue weighted by Gasteiger charge is -2.21. The highest BCUT2D eigenvalue weighted by Crippen LogP contribution is 2.15. The monoisotopic (exact) mass is 219 g/mol. The van der Waals surface area contributed by atoms with Crippen LogP contribution in [0.15, 0.2) is 0 Å². The summed E-state index contributed by atoms with van der Waals surface area (Å²) in [7, 11) is 0. The van der Waals surface area contributed by atoms with Crippen LogP contribution >= 0.6 is 0 Å². The molecule has 4 N–H and O–H groups in total. The van der Waals surface area contributed by atoms with E-state index < -0.39 is 18.3 Å². The third-order valence-electron chi connectivity index (χ3n) is 2.40. The van der Waals surface area contributed by atoms with Gasteiger partial charge < -0.3 is 25.4 Å². The van der Waals surface area contributed by atoms with E-state index in [4.69, 9.17) is 9.84 Å². The molecule has 1 amide bonds. The molecule has 6 nitrogen and oxygen atoms in total. The maximum absolute atomic E-state index is 10.8. The second kappa shape index (κ2) is 5.41. The molecule has 0 aliphatic carbocycles. The number of aliphatic hydroxyl groups excluding tert-OH is 3. The lowest BCUT2D eigenvalue weighted by Crippen LogP contribution is -2.40. The fourth-order valence-electron chi connectivity index (χ4n) is 1.63. The molecule has 15 heavy (non-hydrogen) atoms. The van der Waals surface area contributed by atoms with E-state index >= 15 is 0 Å². The standard InChI is InChI=1S/C9H17NO5/c1-5(12)10-6-2-7(13)9(14)8(3-11)15-4-6/h6-9,11,13-14H,2-4H2,1H3,(H,10,12)/t6?,7?,8?,9-/m1/s1. The third kappa shape index (κ3) is 3.42. The lowest BCUT2D eigenvalue weighted by molar-refractivity contribution is -0.120. The number of hydrogen-bond acceptors (Lipinski definition) is 5. The van der Waals surface area contributed by atoms with Gasteiger partial charge in [-0.15, -0.1) is 0 Å². The Balaban J connectivity index is 2.57. The first-order valence-corrected chi connectivity index (χ1v) is 4.90. The van der Waals surface area contributed by atoms with E-state index in [0.717, 1.165) is 0 Å². The van der Waals surface area contributed by atoms with Crippen molar-refractivity contribution in [2.75, 3.05) is 13.2 Å². The maximum Gasteiger partial charge on any atom is 0.217 e. The van der Waals surface area contributed by atoms with Gasteiger partial charge in [-0.2, -0.15) is 0 Å². The van der Waals surface area contributed by atoms with Crippen molar-refractivity contribution < 1.29 is 24.9 Å². The van der Waals surface area contributed by atoms with Gasteiger partial charge >= 0.3 is 0 Å². The molecule has 0 aromatic heterocycles. The number of carbonyl (C=O) groups excluding carboxylic acids is 1. The van der Waals surface area contributed by atoms with Gasteiger partial charge in [-0.25, -0.2) is 0 Å². The zero-order valence-corrected chi connectivity index (χ0v) is 8.59. The van der Waals surface area contributed by atoms with E-state index in [1.54, 1.807) is 0 Å². The van der Waals surface area contributed by atoms with Crippen LogP contribution in [-0.4, -0.2) is 58.8 Å². The number of amides is 1. The molecule has 1 saturated heterocycles. The van der Waals surface area contributed by atoms with Crippen molar-refractivity contribution in [3.05, 3.63) is 0 Å². The number of aliphatic hydroxyl groups is 3. The van der Waals surface area contributed by atoms with Crippen LogP contribution in [0.4, 0.5) is 0 Å². The first-order chi connectivity index (χ1) is 7.04. The van der Waals surface area contributed by atoms with Gasteiger partial charge in [0.1, 0.15) is 12.2 Å². The second-order valence-corrected chi connectivity index (χ2v) is 3.75. The molecule has 0 spiro atoms. The Hall–Kier alpha value is -0.690. The summed E-state index contributed by atoms with van der Waals surface area (Å²) in [6, 6.07) is -0.330. The van der Waals surface area contributed by atoms with Crippen molar-refractivity contribution in [1.29, 1.82) is 0 Å². The second-order valence-electron chi connectivity index (χ2n) is 3.75. The number of carbonyl (C=O) groups is 1. The molecule has 1 heterocycles. The van der Waals surface area contributed by atoms with E-state index in [9.17, 15) is 15.0 Å². The normalized spacial score (nSPS) is 37.1. The van der Waals surface area contributed by atoms with E-state index in [1.807, 2.05) is 0 Å². The highest BCUT2D eigenvalue weighted by molar-refractivity contribution is 5.73. The summed E-state index contributed by atoms with van der Waals surface area (Å²) in [6.07, 6.45) is -2.69. The molecule has 1 aliphatic rings. The quantitative estimate of drug-likeness (QED) is 0.430. The number of hydrogen-bond donors (Lipinski definition) is 4. The lowest BCUT2D eigenvalue weighted by atomic mass is 10.0. The Labute approximate surface area is 87.9 Å². The smallest absolute Gasteiger partial charge is 0.217 e. The minimum Gasteiger partial charge on any atom is -0.394 e. The van der Waals surface area contributed by atoms with Crippen molar-refractivity contribution in [2.24, 2.45) is 0 Å². The summed E-state index contributed by atoms with van der Waals surface area (Å²) < 4.78 is 5.17. The topological polar surface area (TPSA) is 99.0 Å². The Morgan fingerprint density at radius 1 is 1.53 bits per heavy atom. The van der Waals surface area contributed by atoms with E-state index in [2.05, 4.69) is 5.32 Å². The Bertz CT molecular complexity index is 223. The zero-order valence-electron chi connectivity index (χ0n) is 8.59. The predicted octanol–water partition coefficient (Wildman–Crippen LogP) is -2.01. The number of nitrogens with one attached hydrogen (secondary N) is 1. The summed E-state index contributed by atoms with van der Waals surface area (Å²) >= 11 is 0. The molecular formula is C9H17NO5. The molecule has 0 radical (unpaired) electrons. The van der Waals surface area contributed by atoms with Crippen molar-refractivity contribution in [2.45, 2.75) is 37.7 Å². The van der Waals surface area contributed by atoms with Crippen LogP contribution < -0.4 is 5.32 Å². The first kappa shape index (κ1) is 12.4. The molecule has 88 valence electrons. The van der Waals surface area contributed by atoms with Gasteiger partial charge in [-0.05, 0) is 6.42 Å². The SMILES string of the molecule is CC(=O)NC1COC(CO)[C@H](O)C(O)C1. The highest BCUT2D eigenvalue weighted by Gasteiger charge is 2.33. The summed E-state index contributed by atoms with van der Waals surface area (Å²) in [5.41, 5.74) is 0. The molecule has 1 rings (SSSR count). The van der Waals surface area contributed by atoms with Crippen molar-refractivity contribution in [3.63, 3.8) is 0 Å². The third-order valence-corrected chi connectivity index (χ3v) is 2.40. The molecule has 6 heteroatoms. The Morgan fingerprint density at radius 3 is 2.73 bits per heavy atom. The minimum absolute atomic E-state index is 0.179. The summed E-state index contributed by atoms with van der Waals surface area (Å²) in [5, 5.41) is 30.6.